The quantitative estimate of drug-likeness (QED) is 0.594. The van der Waals surface area contributed by atoms with E-state index in [2.05, 4.69) is 39.0 Å². The number of hydrogen-bond donors (Lipinski definition) is 0. The number of aldehydes is 1. The molecule has 1 aromatic heterocycles. The summed E-state index contributed by atoms with van der Waals surface area (Å²) < 4.78 is 7.85. The number of rotatable bonds is 6. The van der Waals surface area contributed by atoms with Crippen LogP contribution in [0.5, 0.6) is 0 Å². The van der Waals surface area contributed by atoms with Crippen LogP contribution in [0, 0.1) is 0 Å². The van der Waals surface area contributed by atoms with E-state index in [0.717, 1.165) is 18.4 Å². The van der Waals surface area contributed by atoms with Crippen molar-refractivity contribution in [2.24, 2.45) is 0 Å². The van der Waals surface area contributed by atoms with Crippen molar-refractivity contribution in [1.82, 2.24) is 9.78 Å². The van der Waals surface area contributed by atoms with Gasteiger partial charge in [-0.3, -0.25) is 9.48 Å². The molecule has 0 saturated carbocycles. The maximum Gasteiger partial charge on any atom is 0.192 e. The first kappa shape index (κ1) is 16.1. The maximum absolute atomic E-state index is 11.0. The fourth-order valence-electron chi connectivity index (χ4n) is 1.54. The van der Waals surface area contributed by atoms with Crippen molar-refractivity contribution < 1.29 is 9.22 Å². The van der Waals surface area contributed by atoms with Crippen LogP contribution in [0.1, 0.15) is 43.9 Å². The van der Waals surface area contributed by atoms with Crippen LogP contribution in [-0.2, 0) is 17.4 Å². The van der Waals surface area contributed by atoms with Gasteiger partial charge in [0.15, 0.2) is 14.6 Å². The maximum atomic E-state index is 11.0. The average Bonchev–Trinajstić information content (AvgIpc) is 2.70. The molecule has 0 unspecified atom stereocenters. The first-order chi connectivity index (χ1) is 8.71. The summed E-state index contributed by atoms with van der Waals surface area (Å²) in [6.07, 6.45) is 1.70. The van der Waals surface area contributed by atoms with Gasteiger partial charge in [-0.05, 0) is 30.6 Å². The van der Waals surface area contributed by atoms with E-state index in [1.165, 1.54) is 0 Å². The third-order valence-corrected chi connectivity index (χ3v) is 8.46. The van der Waals surface area contributed by atoms with Gasteiger partial charge in [0.1, 0.15) is 5.69 Å². The number of carbonyl (C=O) groups excluding carboxylic acids is 1. The molecule has 0 aliphatic carbocycles. The SMILES string of the molecule is CCc1cc(C=O)n(CCO[Si](C)(C)C(C)(C)C)n1. The monoisotopic (exact) mass is 282 g/mol. The van der Waals surface area contributed by atoms with Crippen molar-refractivity contribution in [2.75, 3.05) is 6.61 Å². The van der Waals surface area contributed by atoms with E-state index in [1.54, 1.807) is 4.68 Å². The topological polar surface area (TPSA) is 44.1 Å². The van der Waals surface area contributed by atoms with E-state index in [4.69, 9.17) is 4.43 Å². The smallest absolute Gasteiger partial charge is 0.192 e. The van der Waals surface area contributed by atoms with Crippen LogP contribution in [0.25, 0.3) is 0 Å². The summed E-state index contributed by atoms with van der Waals surface area (Å²) in [5, 5.41) is 4.61. The molecule has 0 radical (unpaired) electrons. The minimum Gasteiger partial charge on any atom is -0.415 e. The lowest BCUT2D eigenvalue weighted by Crippen LogP contribution is -2.41. The van der Waals surface area contributed by atoms with E-state index >= 15 is 0 Å². The van der Waals surface area contributed by atoms with Crippen molar-refractivity contribution in [2.45, 2.75) is 58.8 Å². The molecule has 1 aromatic rings. The largest absolute Gasteiger partial charge is 0.415 e. The summed E-state index contributed by atoms with van der Waals surface area (Å²) >= 11 is 0. The highest BCUT2D eigenvalue weighted by Crippen LogP contribution is 2.36. The second kappa shape index (κ2) is 6.01. The summed E-state index contributed by atoms with van der Waals surface area (Å²) in [5.74, 6) is 0. The van der Waals surface area contributed by atoms with Crippen LogP contribution in [0.3, 0.4) is 0 Å². The lowest BCUT2D eigenvalue weighted by Gasteiger charge is -2.36. The molecule has 0 spiro atoms. The first-order valence-corrected chi connectivity index (χ1v) is 9.78. The molecule has 0 bridgehead atoms. The van der Waals surface area contributed by atoms with E-state index in [0.29, 0.717) is 18.8 Å². The number of aromatic nitrogens is 2. The molecule has 1 heterocycles. The molecule has 0 amide bonds. The molecule has 0 aliphatic heterocycles. The Morgan fingerprint density at radius 2 is 2.05 bits per heavy atom. The van der Waals surface area contributed by atoms with Crippen LogP contribution in [-0.4, -0.2) is 31.0 Å². The van der Waals surface area contributed by atoms with Gasteiger partial charge in [0.05, 0.1) is 18.8 Å². The highest BCUT2D eigenvalue weighted by atomic mass is 28.4. The Bertz CT molecular complexity index is 433. The van der Waals surface area contributed by atoms with Gasteiger partial charge in [-0.1, -0.05) is 27.7 Å². The third kappa shape index (κ3) is 4.01. The van der Waals surface area contributed by atoms with Gasteiger partial charge in [-0.2, -0.15) is 5.10 Å². The zero-order valence-corrected chi connectivity index (χ0v) is 14.0. The lowest BCUT2D eigenvalue weighted by atomic mass is 10.2. The van der Waals surface area contributed by atoms with Crippen LogP contribution in [0.15, 0.2) is 6.07 Å². The lowest BCUT2D eigenvalue weighted by molar-refractivity contribution is 0.111. The molecule has 5 heteroatoms. The van der Waals surface area contributed by atoms with Gasteiger partial charge in [0, 0.05) is 0 Å². The molecule has 19 heavy (non-hydrogen) atoms. The molecule has 0 aliphatic rings. The number of nitrogens with zero attached hydrogens (tertiary/aromatic N) is 2. The Kier molecular flexibility index (Phi) is 5.09. The van der Waals surface area contributed by atoms with E-state index in [-0.39, 0.29) is 5.04 Å². The Hall–Kier alpha value is -0.943. The molecule has 0 N–H and O–H groups in total. The van der Waals surface area contributed by atoms with Crippen molar-refractivity contribution in [3.05, 3.63) is 17.5 Å². The zero-order valence-electron chi connectivity index (χ0n) is 13.0. The molecular weight excluding hydrogens is 256 g/mol. The Morgan fingerprint density at radius 1 is 1.42 bits per heavy atom. The highest BCUT2D eigenvalue weighted by Gasteiger charge is 2.36. The van der Waals surface area contributed by atoms with Gasteiger partial charge in [-0.25, -0.2) is 0 Å². The Morgan fingerprint density at radius 3 is 2.53 bits per heavy atom. The summed E-state index contributed by atoms with van der Waals surface area (Å²) in [5.41, 5.74) is 1.59. The Balaban J connectivity index is 2.63. The normalized spacial score (nSPS) is 12.7. The number of aryl methyl sites for hydroxylation is 1. The van der Waals surface area contributed by atoms with Gasteiger partial charge < -0.3 is 4.43 Å². The van der Waals surface area contributed by atoms with Gasteiger partial charge in [0.2, 0.25) is 0 Å². The van der Waals surface area contributed by atoms with Crippen molar-refractivity contribution >= 4 is 14.6 Å². The predicted molar refractivity (Wildman–Crippen MR) is 80.1 cm³/mol. The van der Waals surface area contributed by atoms with Crippen LogP contribution in [0.4, 0.5) is 0 Å². The fourth-order valence-corrected chi connectivity index (χ4v) is 2.57. The van der Waals surface area contributed by atoms with E-state index in [1.807, 2.05) is 13.0 Å². The molecule has 108 valence electrons. The fraction of sp³-hybridized carbons (Fsp3) is 0.714. The van der Waals surface area contributed by atoms with Crippen molar-refractivity contribution in [1.29, 1.82) is 0 Å². The Labute approximate surface area is 117 Å². The summed E-state index contributed by atoms with van der Waals surface area (Å²) in [6.45, 7) is 14.4. The average molecular weight is 282 g/mol. The van der Waals surface area contributed by atoms with Crippen LogP contribution < -0.4 is 0 Å². The molecule has 0 atom stereocenters. The second-order valence-corrected chi connectivity index (χ2v) is 11.2. The summed E-state index contributed by atoms with van der Waals surface area (Å²) in [6, 6.07) is 1.85. The second-order valence-electron chi connectivity index (χ2n) is 6.36. The zero-order chi connectivity index (χ0) is 14.7. The van der Waals surface area contributed by atoms with Crippen molar-refractivity contribution in [3.8, 4) is 0 Å². The molecular formula is C14H26N2O2Si. The molecule has 0 saturated heterocycles. The minimum atomic E-state index is -1.72. The number of carbonyl (C=O) groups is 1. The first-order valence-electron chi connectivity index (χ1n) is 6.87. The molecule has 1 rings (SSSR count). The summed E-state index contributed by atoms with van der Waals surface area (Å²) in [4.78, 5) is 11.0. The van der Waals surface area contributed by atoms with Crippen LogP contribution >= 0.6 is 0 Å². The van der Waals surface area contributed by atoms with Crippen molar-refractivity contribution in [3.63, 3.8) is 0 Å². The van der Waals surface area contributed by atoms with E-state index < -0.39 is 8.32 Å². The number of hydrogen-bond acceptors (Lipinski definition) is 3. The predicted octanol–water partition coefficient (Wildman–Crippen LogP) is 3.28. The minimum absolute atomic E-state index is 0.208. The van der Waals surface area contributed by atoms with Gasteiger partial charge in [-0.15, -0.1) is 0 Å². The molecule has 4 nitrogen and oxygen atoms in total. The molecule has 0 aromatic carbocycles. The van der Waals surface area contributed by atoms with Gasteiger partial charge in [0.25, 0.3) is 0 Å². The highest BCUT2D eigenvalue weighted by molar-refractivity contribution is 6.74. The summed E-state index contributed by atoms with van der Waals surface area (Å²) in [7, 11) is -1.72. The third-order valence-electron chi connectivity index (χ3n) is 3.92. The van der Waals surface area contributed by atoms with E-state index in [9.17, 15) is 4.79 Å². The molecule has 0 fully saturated rings. The van der Waals surface area contributed by atoms with Gasteiger partial charge >= 0.3 is 0 Å². The van der Waals surface area contributed by atoms with Crippen LogP contribution in [0.2, 0.25) is 18.1 Å². The standard InChI is InChI=1S/C14H26N2O2Si/c1-7-12-10-13(11-17)16(15-12)8-9-18-19(5,6)14(2,3)4/h10-11H,7-9H2,1-6H3.